The van der Waals surface area contributed by atoms with E-state index < -0.39 is 0 Å². The van der Waals surface area contributed by atoms with Crippen LogP contribution in [0.1, 0.15) is 27.7 Å². The Labute approximate surface area is 135 Å². The minimum atomic E-state index is 0.272. The lowest BCUT2D eigenvalue weighted by Gasteiger charge is -2.50. The zero-order valence-corrected chi connectivity index (χ0v) is 14.7. The third kappa shape index (κ3) is 3.11. The van der Waals surface area contributed by atoms with E-state index in [9.17, 15) is 4.79 Å². The Bertz CT molecular complexity index is 391. The maximum atomic E-state index is 12.5. The maximum Gasteiger partial charge on any atom is 0.320 e. The molecule has 0 spiro atoms. The molecule has 5 heteroatoms. The number of urea groups is 1. The molecule has 0 unspecified atom stereocenters. The second-order valence-corrected chi connectivity index (χ2v) is 7.92. The van der Waals surface area contributed by atoms with E-state index >= 15 is 0 Å². The molecule has 0 atom stereocenters. The van der Waals surface area contributed by atoms with E-state index in [-0.39, 0.29) is 6.03 Å². The molecule has 3 rings (SSSR count). The van der Waals surface area contributed by atoms with Gasteiger partial charge >= 0.3 is 6.03 Å². The van der Waals surface area contributed by atoms with Crippen LogP contribution in [0, 0.1) is 11.8 Å². The number of piperazine rings is 1. The van der Waals surface area contributed by atoms with Crippen LogP contribution < -0.4 is 0 Å². The summed E-state index contributed by atoms with van der Waals surface area (Å²) >= 11 is 0. The van der Waals surface area contributed by atoms with Crippen molar-refractivity contribution in [2.75, 3.05) is 52.4 Å². The molecule has 3 saturated heterocycles. The van der Waals surface area contributed by atoms with Crippen molar-refractivity contribution < 1.29 is 4.79 Å². The van der Waals surface area contributed by atoms with Crippen LogP contribution in [0.3, 0.4) is 0 Å². The average molecular weight is 308 g/mol. The minimum absolute atomic E-state index is 0.272. The summed E-state index contributed by atoms with van der Waals surface area (Å²) in [7, 11) is 0. The quantitative estimate of drug-likeness (QED) is 0.789. The van der Waals surface area contributed by atoms with Crippen molar-refractivity contribution in [1.82, 2.24) is 19.6 Å². The van der Waals surface area contributed by atoms with Crippen molar-refractivity contribution in [2.45, 2.75) is 39.8 Å². The molecule has 0 aromatic carbocycles. The smallest absolute Gasteiger partial charge is 0.320 e. The first-order valence-electron chi connectivity index (χ1n) is 8.97. The average Bonchev–Trinajstić information content (AvgIpc) is 2.34. The lowest BCUT2D eigenvalue weighted by Crippen LogP contribution is -2.65. The number of hydrogen-bond donors (Lipinski definition) is 0. The number of likely N-dealkylation sites (tertiary alicyclic amines) is 2. The number of carbonyl (C=O) groups is 1. The molecule has 0 radical (unpaired) electrons. The van der Waals surface area contributed by atoms with Crippen molar-refractivity contribution in [1.29, 1.82) is 0 Å². The highest BCUT2D eigenvalue weighted by atomic mass is 16.2. The van der Waals surface area contributed by atoms with Crippen LogP contribution in [0.2, 0.25) is 0 Å². The lowest BCUT2D eigenvalue weighted by atomic mass is 9.89. The zero-order chi connectivity index (χ0) is 15.9. The summed E-state index contributed by atoms with van der Waals surface area (Å²) in [5.74, 6) is 1.41. The van der Waals surface area contributed by atoms with Gasteiger partial charge in [0, 0.05) is 64.4 Å². The number of rotatable bonds is 3. The van der Waals surface area contributed by atoms with Gasteiger partial charge in [-0.1, -0.05) is 13.8 Å². The van der Waals surface area contributed by atoms with Gasteiger partial charge in [-0.3, -0.25) is 9.80 Å². The molecular formula is C17H32N4O. The number of hydrogen-bond acceptors (Lipinski definition) is 3. The molecule has 5 nitrogen and oxygen atoms in total. The molecule has 3 aliphatic heterocycles. The van der Waals surface area contributed by atoms with Crippen LogP contribution in [0.5, 0.6) is 0 Å². The Morgan fingerprint density at radius 1 is 0.864 bits per heavy atom. The Balaban J connectivity index is 1.38. The van der Waals surface area contributed by atoms with E-state index in [2.05, 4.69) is 42.4 Å². The molecule has 0 saturated carbocycles. The van der Waals surface area contributed by atoms with E-state index in [1.807, 2.05) is 4.90 Å². The number of carbonyl (C=O) groups excluding carboxylic acids is 1. The first-order chi connectivity index (χ1) is 10.5. The van der Waals surface area contributed by atoms with Crippen molar-refractivity contribution >= 4 is 6.03 Å². The molecule has 0 aromatic heterocycles. The molecule has 3 fully saturated rings. The third-order valence-corrected chi connectivity index (χ3v) is 5.85. The molecule has 3 aliphatic rings. The molecule has 3 heterocycles. The van der Waals surface area contributed by atoms with Gasteiger partial charge in [0.2, 0.25) is 0 Å². The van der Waals surface area contributed by atoms with Gasteiger partial charge in [-0.15, -0.1) is 0 Å². The first-order valence-corrected chi connectivity index (χ1v) is 8.97. The molecule has 2 amide bonds. The number of amides is 2. The van der Waals surface area contributed by atoms with Gasteiger partial charge in [-0.25, -0.2) is 4.79 Å². The maximum absolute atomic E-state index is 12.5. The van der Waals surface area contributed by atoms with Gasteiger partial charge < -0.3 is 9.80 Å². The summed E-state index contributed by atoms with van der Waals surface area (Å²) in [6.07, 6.45) is 0. The summed E-state index contributed by atoms with van der Waals surface area (Å²) in [5, 5.41) is 0. The second kappa shape index (κ2) is 6.36. The van der Waals surface area contributed by atoms with Gasteiger partial charge in [0.1, 0.15) is 0 Å². The third-order valence-electron chi connectivity index (χ3n) is 5.85. The Hall–Kier alpha value is -0.810. The van der Waals surface area contributed by atoms with E-state index in [0.717, 1.165) is 39.3 Å². The fraction of sp³-hybridized carbons (Fsp3) is 0.941. The van der Waals surface area contributed by atoms with Crippen molar-refractivity contribution in [3.05, 3.63) is 0 Å². The molecule has 126 valence electrons. The van der Waals surface area contributed by atoms with E-state index in [4.69, 9.17) is 0 Å². The normalized spacial score (nSPS) is 25.7. The highest BCUT2D eigenvalue weighted by Gasteiger charge is 2.38. The standard InChI is InChI=1S/C17H32N4O/c1-13(2)15-9-21(10-15)17(22)19-7-5-18(6-8-19)16-11-20(12-16)14(3)4/h13-16H,5-12H2,1-4H3. The van der Waals surface area contributed by atoms with Crippen LogP contribution >= 0.6 is 0 Å². The van der Waals surface area contributed by atoms with Crippen LogP contribution in [-0.4, -0.2) is 90.1 Å². The number of nitrogens with zero attached hydrogens (tertiary/aromatic N) is 4. The SMILES string of the molecule is CC(C)C1CN(C(=O)N2CCN(C3CN(C(C)C)C3)CC2)C1. The topological polar surface area (TPSA) is 30.0 Å². The first kappa shape index (κ1) is 16.1. The fourth-order valence-corrected chi connectivity index (χ4v) is 3.71. The molecule has 0 aliphatic carbocycles. The Morgan fingerprint density at radius 3 is 1.95 bits per heavy atom. The Morgan fingerprint density at radius 2 is 1.45 bits per heavy atom. The summed E-state index contributed by atoms with van der Waals surface area (Å²) in [4.78, 5) is 21.7. The highest BCUT2D eigenvalue weighted by molar-refractivity contribution is 5.75. The van der Waals surface area contributed by atoms with Gasteiger partial charge in [0.15, 0.2) is 0 Å². The second-order valence-electron chi connectivity index (χ2n) is 7.92. The monoisotopic (exact) mass is 308 g/mol. The van der Waals surface area contributed by atoms with E-state index in [0.29, 0.717) is 23.9 Å². The minimum Gasteiger partial charge on any atom is -0.324 e. The summed E-state index contributed by atoms with van der Waals surface area (Å²) in [6.45, 7) is 17.3. The van der Waals surface area contributed by atoms with Crippen molar-refractivity contribution in [3.8, 4) is 0 Å². The summed E-state index contributed by atoms with van der Waals surface area (Å²) < 4.78 is 0. The van der Waals surface area contributed by atoms with E-state index in [1.54, 1.807) is 0 Å². The molecule has 22 heavy (non-hydrogen) atoms. The Kier molecular flexibility index (Phi) is 4.64. The summed E-state index contributed by atoms with van der Waals surface area (Å²) in [6, 6.07) is 1.65. The van der Waals surface area contributed by atoms with Crippen molar-refractivity contribution in [3.63, 3.8) is 0 Å². The van der Waals surface area contributed by atoms with Gasteiger partial charge in [-0.05, 0) is 25.7 Å². The largest absolute Gasteiger partial charge is 0.324 e. The molecular weight excluding hydrogens is 276 g/mol. The lowest BCUT2D eigenvalue weighted by molar-refractivity contribution is -0.00973. The van der Waals surface area contributed by atoms with Crippen LogP contribution in [0.4, 0.5) is 4.79 Å². The molecule has 0 N–H and O–H groups in total. The van der Waals surface area contributed by atoms with Crippen molar-refractivity contribution in [2.24, 2.45) is 11.8 Å². The predicted octanol–water partition coefficient (Wildman–Crippen LogP) is 1.40. The molecule has 0 bridgehead atoms. The molecule has 0 aromatic rings. The van der Waals surface area contributed by atoms with Crippen LogP contribution in [0.15, 0.2) is 0 Å². The van der Waals surface area contributed by atoms with Gasteiger partial charge in [0.25, 0.3) is 0 Å². The predicted molar refractivity (Wildman–Crippen MR) is 88.9 cm³/mol. The van der Waals surface area contributed by atoms with Crippen LogP contribution in [-0.2, 0) is 0 Å². The summed E-state index contributed by atoms with van der Waals surface area (Å²) in [5.41, 5.74) is 0. The van der Waals surface area contributed by atoms with Gasteiger partial charge in [0.05, 0.1) is 0 Å². The highest BCUT2D eigenvalue weighted by Crippen LogP contribution is 2.25. The fourth-order valence-electron chi connectivity index (χ4n) is 3.71. The van der Waals surface area contributed by atoms with Crippen LogP contribution in [0.25, 0.3) is 0 Å². The van der Waals surface area contributed by atoms with E-state index in [1.165, 1.54) is 13.1 Å². The zero-order valence-electron chi connectivity index (χ0n) is 14.7. The van der Waals surface area contributed by atoms with Gasteiger partial charge in [-0.2, -0.15) is 0 Å².